The molecular weight excluding hydrogens is 366 g/mol. The Labute approximate surface area is 164 Å². The topological polar surface area (TPSA) is 64.4 Å². The number of carbonyl (C=O) groups is 2. The molecule has 27 heavy (non-hydrogen) atoms. The summed E-state index contributed by atoms with van der Waals surface area (Å²) in [6.07, 6.45) is 1.14. The van der Waals surface area contributed by atoms with Crippen LogP contribution in [0.15, 0.2) is 24.3 Å². The van der Waals surface area contributed by atoms with Gasteiger partial charge in [0.25, 0.3) is 5.91 Å². The van der Waals surface area contributed by atoms with E-state index in [0.29, 0.717) is 12.2 Å². The Morgan fingerprint density at radius 2 is 1.81 bits per heavy atom. The van der Waals surface area contributed by atoms with Crippen molar-refractivity contribution in [1.82, 2.24) is 14.7 Å². The van der Waals surface area contributed by atoms with Crippen molar-refractivity contribution in [1.29, 1.82) is 0 Å². The van der Waals surface area contributed by atoms with Gasteiger partial charge in [-0.25, -0.2) is 9.48 Å². The second-order valence-electron chi connectivity index (χ2n) is 6.97. The predicted octanol–water partition coefficient (Wildman–Crippen LogP) is 3.37. The van der Waals surface area contributed by atoms with Gasteiger partial charge in [-0.1, -0.05) is 41.4 Å². The molecule has 0 aliphatic carbocycles. The largest absolute Gasteiger partial charge is 0.449 e. The highest BCUT2D eigenvalue weighted by atomic mass is 35.5. The zero-order chi connectivity index (χ0) is 19.6. The summed E-state index contributed by atoms with van der Waals surface area (Å²) >= 11 is 6.40. The third kappa shape index (κ3) is 4.33. The molecule has 1 aromatic carbocycles. The van der Waals surface area contributed by atoms with Gasteiger partial charge in [0.1, 0.15) is 10.7 Å². The van der Waals surface area contributed by atoms with E-state index in [4.69, 9.17) is 16.3 Å². The average Bonchev–Trinajstić information content (AvgIpc) is 3.25. The smallest absolute Gasteiger partial charge is 0.343 e. The van der Waals surface area contributed by atoms with E-state index >= 15 is 0 Å². The number of benzene rings is 1. The first-order chi connectivity index (χ1) is 12.9. The fourth-order valence-corrected chi connectivity index (χ4v) is 3.53. The van der Waals surface area contributed by atoms with Gasteiger partial charge in [0.15, 0.2) is 6.10 Å². The highest BCUT2D eigenvalue weighted by molar-refractivity contribution is 6.32. The van der Waals surface area contributed by atoms with Crippen LogP contribution in [0.25, 0.3) is 0 Å². The SMILES string of the molecule is Cc1ccc(Cn2nc(C)c(C(=O)O[C@H](C)C(=O)N3CCCC3)c2Cl)cc1. The molecular formula is C20H24ClN3O3. The minimum absolute atomic E-state index is 0.165. The standard InChI is InChI=1S/C20H24ClN3O3/c1-13-6-8-16(9-7-13)12-24-18(21)17(14(2)22-24)20(26)27-15(3)19(25)23-10-4-5-11-23/h6-9,15H,4-5,10-12H2,1-3H3/t15-/m1/s1. The molecule has 2 aromatic rings. The van der Waals surface area contributed by atoms with Crippen LogP contribution in [0.1, 0.15) is 46.9 Å². The highest BCUT2D eigenvalue weighted by Crippen LogP contribution is 2.23. The molecule has 0 saturated carbocycles. The molecule has 144 valence electrons. The minimum Gasteiger partial charge on any atom is -0.449 e. The lowest BCUT2D eigenvalue weighted by molar-refractivity contribution is -0.138. The van der Waals surface area contributed by atoms with Gasteiger partial charge in [-0.05, 0) is 39.2 Å². The number of aryl methyl sites for hydroxylation is 2. The Morgan fingerprint density at radius 3 is 2.44 bits per heavy atom. The second kappa shape index (κ2) is 8.13. The molecule has 0 spiro atoms. The van der Waals surface area contributed by atoms with Crippen molar-refractivity contribution in [3.05, 3.63) is 51.8 Å². The van der Waals surface area contributed by atoms with Gasteiger partial charge in [-0.2, -0.15) is 5.10 Å². The zero-order valence-electron chi connectivity index (χ0n) is 15.9. The molecule has 1 aliphatic rings. The number of nitrogens with zero attached hydrogens (tertiary/aromatic N) is 3. The van der Waals surface area contributed by atoms with Crippen LogP contribution < -0.4 is 0 Å². The van der Waals surface area contributed by atoms with E-state index in [9.17, 15) is 9.59 Å². The molecule has 7 heteroatoms. The van der Waals surface area contributed by atoms with Crippen LogP contribution in [0.4, 0.5) is 0 Å². The van der Waals surface area contributed by atoms with Gasteiger partial charge in [-0.15, -0.1) is 0 Å². The van der Waals surface area contributed by atoms with E-state index in [0.717, 1.165) is 31.5 Å². The van der Waals surface area contributed by atoms with E-state index < -0.39 is 12.1 Å². The maximum Gasteiger partial charge on any atom is 0.343 e. The molecule has 1 aromatic heterocycles. The number of ether oxygens (including phenoxy) is 1. The van der Waals surface area contributed by atoms with E-state index in [1.54, 1.807) is 23.4 Å². The quantitative estimate of drug-likeness (QED) is 0.735. The summed E-state index contributed by atoms with van der Waals surface area (Å²) < 4.78 is 6.96. The number of esters is 1. The molecule has 1 atom stereocenters. The Kier molecular flexibility index (Phi) is 5.85. The van der Waals surface area contributed by atoms with Gasteiger partial charge in [0.05, 0.1) is 12.2 Å². The summed E-state index contributed by atoms with van der Waals surface area (Å²) in [5.74, 6) is -0.783. The third-order valence-electron chi connectivity index (χ3n) is 4.77. The summed E-state index contributed by atoms with van der Waals surface area (Å²) in [6.45, 7) is 7.21. The molecule has 3 rings (SSSR count). The first-order valence-corrected chi connectivity index (χ1v) is 9.53. The van der Waals surface area contributed by atoms with Crippen LogP contribution in [0.5, 0.6) is 0 Å². The minimum atomic E-state index is -0.841. The number of hydrogen-bond acceptors (Lipinski definition) is 4. The summed E-state index contributed by atoms with van der Waals surface area (Å²) in [6, 6.07) is 8.02. The second-order valence-corrected chi connectivity index (χ2v) is 7.33. The first kappa shape index (κ1) is 19.4. The number of amides is 1. The van der Waals surface area contributed by atoms with E-state index in [-0.39, 0.29) is 16.6 Å². The molecule has 1 aliphatic heterocycles. The van der Waals surface area contributed by atoms with Crippen LogP contribution >= 0.6 is 11.6 Å². The predicted molar refractivity (Wildman–Crippen MR) is 103 cm³/mol. The lowest BCUT2D eigenvalue weighted by atomic mass is 10.1. The van der Waals surface area contributed by atoms with Gasteiger partial charge in [0.2, 0.25) is 0 Å². The monoisotopic (exact) mass is 389 g/mol. The van der Waals surface area contributed by atoms with Crippen molar-refractivity contribution in [2.24, 2.45) is 0 Å². The Morgan fingerprint density at radius 1 is 1.19 bits per heavy atom. The highest BCUT2D eigenvalue weighted by Gasteiger charge is 2.29. The fraction of sp³-hybridized carbons (Fsp3) is 0.450. The normalized spacial score (nSPS) is 15.0. The summed E-state index contributed by atoms with van der Waals surface area (Å²) in [7, 11) is 0. The summed E-state index contributed by atoms with van der Waals surface area (Å²) in [5, 5.41) is 4.59. The molecule has 1 amide bonds. The molecule has 0 N–H and O–H groups in total. The van der Waals surface area contributed by atoms with Gasteiger partial charge < -0.3 is 9.64 Å². The number of rotatable bonds is 5. The van der Waals surface area contributed by atoms with Crippen LogP contribution in [-0.4, -0.2) is 45.8 Å². The lowest BCUT2D eigenvalue weighted by Gasteiger charge is -2.20. The molecule has 0 radical (unpaired) electrons. The zero-order valence-corrected chi connectivity index (χ0v) is 16.6. The maximum atomic E-state index is 12.6. The van der Waals surface area contributed by atoms with Gasteiger partial charge in [-0.3, -0.25) is 4.79 Å². The number of halogens is 1. The average molecular weight is 390 g/mol. The van der Waals surface area contributed by atoms with E-state index in [2.05, 4.69) is 5.10 Å². The van der Waals surface area contributed by atoms with Crippen LogP contribution in [0.2, 0.25) is 5.15 Å². The Balaban J connectivity index is 1.72. The van der Waals surface area contributed by atoms with Crippen molar-refractivity contribution in [2.45, 2.75) is 46.3 Å². The number of likely N-dealkylation sites (tertiary alicyclic amines) is 1. The van der Waals surface area contributed by atoms with Crippen LogP contribution in [-0.2, 0) is 16.1 Å². The van der Waals surface area contributed by atoms with Crippen molar-refractivity contribution in [3.8, 4) is 0 Å². The molecule has 0 unspecified atom stereocenters. The number of hydrogen-bond donors (Lipinski definition) is 0. The van der Waals surface area contributed by atoms with Crippen LogP contribution in [0, 0.1) is 13.8 Å². The van der Waals surface area contributed by atoms with E-state index in [1.165, 1.54) is 5.56 Å². The molecule has 0 bridgehead atoms. The Hall–Kier alpha value is -2.34. The van der Waals surface area contributed by atoms with Crippen LogP contribution in [0.3, 0.4) is 0 Å². The third-order valence-corrected chi connectivity index (χ3v) is 5.16. The summed E-state index contributed by atoms with van der Waals surface area (Å²) in [4.78, 5) is 26.7. The Bertz CT molecular complexity index is 839. The number of carbonyl (C=O) groups excluding carboxylic acids is 2. The maximum absolute atomic E-state index is 12.6. The van der Waals surface area contributed by atoms with E-state index in [1.807, 2.05) is 31.2 Å². The molecule has 1 fully saturated rings. The first-order valence-electron chi connectivity index (χ1n) is 9.15. The molecule has 6 nitrogen and oxygen atoms in total. The number of aromatic nitrogens is 2. The van der Waals surface area contributed by atoms with Crippen molar-refractivity contribution >= 4 is 23.5 Å². The van der Waals surface area contributed by atoms with Gasteiger partial charge in [0, 0.05) is 13.1 Å². The lowest BCUT2D eigenvalue weighted by Crippen LogP contribution is -2.38. The molecule has 2 heterocycles. The van der Waals surface area contributed by atoms with Gasteiger partial charge >= 0.3 is 5.97 Å². The summed E-state index contributed by atoms with van der Waals surface area (Å²) in [5.41, 5.74) is 2.90. The van der Waals surface area contributed by atoms with Crippen molar-refractivity contribution in [3.63, 3.8) is 0 Å². The molecule has 1 saturated heterocycles. The van der Waals surface area contributed by atoms with Crippen molar-refractivity contribution in [2.75, 3.05) is 13.1 Å². The van der Waals surface area contributed by atoms with Crippen molar-refractivity contribution < 1.29 is 14.3 Å². The fourth-order valence-electron chi connectivity index (χ4n) is 3.22.